The molecule has 2 atom stereocenters. The molecule has 3 aromatic rings. The van der Waals surface area contributed by atoms with E-state index in [1.54, 1.807) is 0 Å². The first-order valence-corrected chi connectivity index (χ1v) is 11.5. The molecule has 3 aromatic carbocycles. The van der Waals surface area contributed by atoms with Gasteiger partial charge < -0.3 is 24.8 Å². The van der Waals surface area contributed by atoms with Gasteiger partial charge in [-0.25, -0.2) is 4.90 Å². The predicted octanol–water partition coefficient (Wildman–Crippen LogP) is 6.22. The molecule has 0 N–H and O–H groups in total. The molecule has 0 saturated heterocycles. The average molecular weight is 445 g/mol. The van der Waals surface area contributed by atoms with Crippen LogP contribution in [0.2, 0.25) is 0 Å². The Morgan fingerprint density at radius 1 is 0.968 bits per heavy atom. The predicted molar refractivity (Wildman–Crippen MR) is 137 cm³/mol. The first kappa shape index (κ1) is 21.7. The summed E-state index contributed by atoms with van der Waals surface area (Å²) in [5.74, 6) is 0.963. The molecule has 4 rings (SSSR count). The summed E-state index contributed by atoms with van der Waals surface area (Å²) >= 11 is 11.4. The monoisotopic (exact) mass is 444 g/mol. The fourth-order valence-corrected chi connectivity index (χ4v) is 5.28. The Morgan fingerprint density at radius 3 is 2.06 bits per heavy atom. The highest BCUT2D eigenvalue weighted by Gasteiger charge is 2.44. The standard InChI is InChI=1S/C27H28N2S2/c1-18-15-19(2)25(20(3)16-18)29-24(23-13-9-6-10-14-23)17-28(26(29)27(30)31)21(4)22-11-7-5-8-12-22/h5-16,21,24H,17H2,1-4H3/t21-,24-/m0/s1. The van der Waals surface area contributed by atoms with Gasteiger partial charge in [0.2, 0.25) is 0 Å². The van der Waals surface area contributed by atoms with E-state index in [-0.39, 0.29) is 12.1 Å². The maximum absolute atomic E-state index is 5.69. The van der Waals surface area contributed by atoms with E-state index in [9.17, 15) is 0 Å². The molecule has 0 fully saturated rings. The summed E-state index contributed by atoms with van der Waals surface area (Å²) in [6.07, 6.45) is 0. The van der Waals surface area contributed by atoms with Crippen LogP contribution in [0.1, 0.15) is 46.8 Å². The second-order valence-electron chi connectivity index (χ2n) is 8.39. The molecule has 2 nitrogen and oxygen atoms in total. The van der Waals surface area contributed by atoms with Crippen molar-refractivity contribution in [3.05, 3.63) is 101 Å². The highest BCUT2D eigenvalue weighted by atomic mass is 32.1. The Hall–Kier alpha value is -2.56. The van der Waals surface area contributed by atoms with Crippen LogP contribution in [0.4, 0.5) is 5.69 Å². The van der Waals surface area contributed by atoms with E-state index in [0.29, 0.717) is 4.20 Å². The zero-order valence-corrected chi connectivity index (χ0v) is 20.1. The van der Waals surface area contributed by atoms with Crippen LogP contribution in [0.5, 0.6) is 0 Å². The lowest BCUT2D eigenvalue weighted by Gasteiger charge is -2.25. The van der Waals surface area contributed by atoms with Crippen molar-refractivity contribution >= 4 is 40.6 Å². The summed E-state index contributed by atoms with van der Waals surface area (Å²) in [5, 5.41) is 0. The van der Waals surface area contributed by atoms with Crippen LogP contribution >= 0.6 is 12.2 Å². The van der Waals surface area contributed by atoms with E-state index >= 15 is 0 Å². The van der Waals surface area contributed by atoms with Crippen molar-refractivity contribution in [3.63, 3.8) is 0 Å². The lowest BCUT2D eigenvalue weighted by Crippen LogP contribution is -2.37. The topological polar surface area (TPSA) is 6.25 Å². The number of hydrogen-bond donors (Lipinski definition) is 0. The summed E-state index contributed by atoms with van der Waals surface area (Å²) in [5.41, 5.74) is 7.51. The van der Waals surface area contributed by atoms with Crippen molar-refractivity contribution in [1.82, 2.24) is 0 Å². The quantitative estimate of drug-likeness (QED) is 0.262. The van der Waals surface area contributed by atoms with E-state index in [0.717, 1.165) is 12.4 Å². The molecule has 31 heavy (non-hydrogen) atoms. The fourth-order valence-electron chi connectivity index (χ4n) is 4.85. The van der Waals surface area contributed by atoms with Crippen molar-refractivity contribution in [2.45, 2.75) is 39.8 Å². The third-order valence-electron chi connectivity index (χ3n) is 6.17. The van der Waals surface area contributed by atoms with Crippen molar-refractivity contribution in [1.29, 1.82) is 0 Å². The Balaban J connectivity index is 1.94. The minimum Gasteiger partial charge on any atom is -0.421 e. The van der Waals surface area contributed by atoms with E-state index in [1.165, 1.54) is 33.5 Å². The third-order valence-corrected chi connectivity index (χ3v) is 6.54. The number of anilines is 1. The second kappa shape index (κ2) is 8.89. The molecule has 0 aromatic heterocycles. The van der Waals surface area contributed by atoms with Crippen molar-refractivity contribution in [3.8, 4) is 0 Å². The number of amidine groups is 1. The third kappa shape index (κ3) is 4.15. The molecule has 1 heterocycles. The van der Waals surface area contributed by atoms with Crippen LogP contribution in [-0.2, 0) is 12.6 Å². The Morgan fingerprint density at radius 2 is 1.52 bits per heavy atom. The highest BCUT2D eigenvalue weighted by molar-refractivity contribution is 8.03. The van der Waals surface area contributed by atoms with Gasteiger partial charge >= 0.3 is 0 Å². The Bertz CT molecular complexity index is 1110. The zero-order valence-electron chi connectivity index (χ0n) is 18.5. The molecule has 158 valence electrons. The average Bonchev–Trinajstić information content (AvgIpc) is 3.14. The minimum atomic E-state index is 0.142. The lowest BCUT2D eigenvalue weighted by molar-refractivity contribution is -0.561. The number of thiocarbonyl (C=S) groups is 1. The van der Waals surface area contributed by atoms with Gasteiger partial charge in [-0.15, -0.1) is 0 Å². The summed E-state index contributed by atoms with van der Waals surface area (Å²) in [6.45, 7) is 9.59. The molecule has 0 amide bonds. The number of hydrogen-bond acceptors (Lipinski definition) is 3. The van der Waals surface area contributed by atoms with Gasteiger partial charge in [0, 0.05) is 5.56 Å². The molecule has 0 saturated carbocycles. The van der Waals surface area contributed by atoms with Crippen molar-refractivity contribution in [2.24, 2.45) is 0 Å². The summed E-state index contributed by atoms with van der Waals surface area (Å²) in [6, 6.07) is 26.1. The Kier molecular flexibility index (Phi) is 6.22. The van der Waals surface area contributed by atoms with E-state index < -0.39 is 0 Å². The first-order valence-electron chi connectivity index (χ1n) is 10.7. The number of nitrogens with zero attached hydrogens (tertiary/aromatic N) is 2. The molecule has 4 heteroatoms. The smallest absolute Gasteiger partial charge is 0.265 e. The minimum absolute atomic E-state index is 0.142. The maximum Gasteiger partial charge on any atom is 0.265 e. The van der Waals surface area contributed by atoms with Crippen LogP contribution in [0.15, 0.2) is 72.8 Å². The molecule has 1 aliphatic rings. The first-order chi connectivity index (χ1) is 14.9. The van der Waals surface area contributed by atoms with Crippen molar-refractivity contribution in [2.75, 3.05) is 11.4 Å². The van der Waals surface area contributed by atoms with E-state index in [2.05, 4.69) is 110 Å². The van der Waals surface area contributed by atoms with Gasteiger partial charge in [0.15, 0.2) is 6.04 Å². The maximum atomic E-state index is 5.69. The van der Waals surface area contributed by atoms with E-state index in [1.807, 2.05) is 0 Å². The SMILES string of the molecule is Cc1cc(C)c(N2C(C(=S)[S-])=[N+]([C@@H](C)c3ccccc3)C[C@H]2c2ccccc2)c(C)c1. The van der Waals surface area contributed by atoms with E-state index in [4.69, 9.17) is 24.8 Å². The second-order valence-corrected chi connectivity index (χ2v) is 9.47. The molecule has 0 radical (unpaired) electrons. The van der Waals surface area contributed by atoms with Gasteiger partial charge in [-0.2, -0.15) is 0 Å². The Labute approximate surface area is 196 Å². The molecule has 0 spiro atoms. The summed E-state index contributed by atoms with van der Waals surface area (Å²) in [7, 11) is 0. The van der Waals surface area contributed by atoms with Crippen LogP contribution in [0.25, 0.3) is 0 Å². The highest BCUT2D eigenvalue weighted by Crippen LogP contribution is 2.39. The van der Waals surface area contributed by atoms with Gasteiger partial charge in [-0.3, -0.25) is 4.58 Å². The van der Waals surface area contributed by atoms with Crippen molar-refractivity contribution < 1.29 is 4.58 Å². The van der Waals surface area contributed by atoms with Gasteiger partial charge in [0.1, 0.15) is 18.3 Å². The number of benzene rings is 3. The molecule has 1 aliphatic heterocycles. The molecule has 0 unspecified atom stereocenters. The molecular weight excluding hydrogens is 416 g/mol. The van der Waals surface area contributed by atoms with Gasteiger partial charge in [0.05, 0.1) is 0 Å². The summed E-state index contributed by atoms with van der Waals surface area (Å²) in [4.78, 5) is 2.40. The summed E-state index contributed by atoms with van der Waals surface area (Å²) < 4.78 is 2.90. The normalized spacial score (nSPS) is 17.2. The van der Waals surface area contributed by atoms with Crippen LogP contribution in [-0.4, -0.2) is 21.2 Å². The largest absolute Gasteiger partial charge is 0.421 e. The zero-order chi connectivity index (χ0) is 22.1. The number of rotatable bonds is 5. The van der Waals surface area contributed by atoms with Crippen LogP contribution in [0.3, 0.4) is 0 Å². The fraction of sp³-hybridized carbons (Fsp3) is 0.259. The van der Waals surface area contributed by atoms with Gasteiger partial charge in [-0.05, 0) is 48.6 Å². The van der Waals surface area contributed by atoms with Crippen LogP contribution in [0, 0.1) is 20.8 Å². The van der Waals surface area contributed by atoms with Crippen LogP contribution < -0.4 is 4.90 Å². The molecule has 0 aliphatic carbocycles. The molecule has 0 bridgehead atoms. The number of aryl methyl sites for hydroxylation is 3. The van der Waals surface area contributed by atoms with Gasteiger partial charge in [0.25, 0.3) is 5.84 Å². The van der Waals surface area contributed by atoms with Gasteiger partial charge in [-0.1, -0.05) is 78.4 Å². The molecular formula is C27H28N2S2. The lowest BCUT2D eigenvalue weighted by atomic mass is 10.00.